The van der Waals surface area contributed by atoms with Crippen LogP contribution in [0.3, 0.4) is 0 Å². The highest BCUT2D eigenvalue weighted by atomic mass is 16.5. The number of esters is 1. The summed E-state index contributed by atoms with van der Waals surface area (Å²) in [5.74, 6) is -0.114. The Morgan fingerprint density at radius 3 is 1.83 bits per heavy atom. The van der Waals surface area contributed by atoms with Gasteiger partial charge in [0.2, 0.25) is 0 Å². The Morgan fingerprint density at radius 1 is 1.06 bits per heavy atom. The van der Waals surface area contributed by atoms with Crippen molar-refractivity contribution in [1.82, 2.24) is 5.32 Å². The molecule has 0 bridgehead atoms. The van der Waals surface area contributed by atoms with Crippen LogP contribution in [0.1, 0.15) is 60.8 Å². The number of hydrogen-bond donors (Lipinski definition) is 1. The summed E-state index contributed by atoms with van der Waals surface area (Å²) in [6.45, 7) is 13.1. The van der Waals surface area contributed by atoms with E-state index in [2.05, 4.69) is 46.9 Å². The highest BCUT2D eigenvalue weighted by Gasteiger charge is 2.52. The number of carbonyl (C=O) groups is 1. The van der Waals surface area contributed by atoms with Crippen LogP contribution in [0.5, 0.6) is 0 Å². The zero-order valence-corrected chi connectivity index (χ0v) is 13.0. The first-order valence-electron chi connectivity index (χ1n) is 6.88. The van der Waals surface area contributed by atoms with Gasteiger partial charge in [-0.05, 0) is 43.9 Å². The molecular weight excluding hydrogens is 226 g/mol. The van der Waals surface area contributed by atoms with Crippen molar-refractivity contribution in [2.75, 3.05) is 7.11 Å². The van der Waals surface area contributed by atoms with E-state index in [1.165, 1.54) is 7.11 Å². The molecule has 1 fully saturated rings. The first-order chi connectivity index (χ1) is 8.02. The summed E-state index contributed by atoms with van der Waals surface area (Å²) in [7, 11) is 1.49. The van der Waals surface area contributed by atoms with Gasteiger partial charge in [0.15, 0.2) is 0 Å². The Labute approximate surface area is 112 Å². The van der Waals surface area contributed by atoms with Crippen LogP contribution >= 0.6 is 0 Å². The Morgan fingerprint density at radius 2 is 1.50 bits per heavy atom. The molecule has 1 N–H and O–H groups in total. The summed E-state index contributed by atoms with van der Waals surface area (Å²) in [5.41, 5.74) is -0.232. The van der Waals surface area contributed by atoms with Gasteiger partial charge in [-0.25, -0.2) is 0 Å². The fourth-order valence-corrected chi connectivity index (χ4v) is 4.17. The molecule has 0 unspecified atom stereocenters. The van der Waals surface area contributed by atoms with Crippen molar-refractivity contribution in [3.8, 4) is 0 Å². The highest BCUT2D eigenvalue weighted by Crippen LogP contribution is 2.50. The molecule has 0 heterocycles. The van der Waals surface area contributed by atoms with Gasteiger partial charge in [-0.2, -0.15) is 0 Å². The first kappa shape index (κ1) is 15.5. The van der Waals surface area contributed by atoms with E-state index in [0.29, 0.717) is 0 Å². The predicted molar refractivity (Wildman–Crippen MR) is 74.4 cm³/mol. The van der Waals surface area contributed by atoms with Crippen molar-refractivity contribution in [2.24, 2.45) is 10.8 Å². The number of hydrogen-bond acceptors (Lipinski definition) is 3. The predicted octanol–water partition coefficient (Wildman–Crippen LogP) is 3.13. The van der Waals surface area contributed by atoms with Gasteiger partial charge in [0.05, 0.1) is 7.11 Å². The van der Waals surface area contributed by atoms with Crippen molar-refractivity contribution in [3.63, 3.8) is 0 Å². The van der Waals surface area contributed by atoms with E-state index < -0.39 is 5.54 Å². The lowest BCUT2D eigenvalue weighted by atomic mass is 9.58. The van der Waals surface area contributed by atoms with E-state index in [1.54, 1.807) is 0 Å². The standard InChI is InChI=1S/C15H29NO2/c1-11(2)16-15(12(17)18-7)9-13(3,4)8-14(5,6)10-15/h11,16H,8-10H2,1-7H3. The van der Waals surface area contributed by atoms with Gasteiger partial charge in [0.25, 0.3) is 0 Å². The molecule has 106 valence electrons. The van der Waals surface area contributed by atoms with E-state index in [-0.39, 0.29) is 22.8 Å². The Hall–Kier alpha value is -0.570. The van der Waals surface area contributed by atoms with Crippen LogP contribution in [0.15, 0.2) is 0 Å². The molecule has 0 saturated heterocycles. The minimum Gasteiger partial charge on any atom is -0.468 e. The van der Waals surface area contributed by atoms with Gasteiger partial charge in [-0.15, -0.1) is 0 Å². The summed E-state index contributed by atoms with van der Waals surface area (Å²) in [5, 5.41) is 3.48. The number of ether oxygens (including phenoxy) is 1. The number of carbonyl (C=O) groups excluding carboxylic acids is 1. The monoisotopic (exact) mass is 255 g/mol. The molecule has 3 nitrogen and oxygen atoms in total. The summed E-state index contributed by atoms with van der Waals surface area (Å²) in [6.07, 6.45) is 2.82. The third kappa shape index (κ3) is 3.47. The Bertz CT molecular complexity index is 302. The maximum atomic E-state index is 12.3. The fraction of sp³-hybridized carbons (Fsp3) is 0.933. The molecule has 0 aliphatic heterocycles. The van der Waals surface area contributed by atoms with Gasteiger partial charge in [-0.1, -0.05) is 27.7 Å². The second-order valence-electron chi connectivity index (χ2n) is 7.73. The molecule has 1 aliphatic rings. The second kappa shape index (κ2) is 4.84. The molecule has 0 aromatic rings. The van der Waals surface area contributed by atoms with Crippen LogP contribution in [0, 0.1) is 10.8 Å². The Kier molecular flexibility index (Phi) is 4.16. The van der Waals surface area contributed by atoms with Gasteiger partial charge in [-0.3, -0.25) is 10.1 Å². The van der Waals surface area contributed by atoms with Crippen molar-refractivity contribution in [2.45, 2.75) is 72.4 Å². The Balaban J connectivity index is 3.12. The lowest BCUT2D eigenvalue weighted by Gasteiger charge is -2.51. The molecule has 18 heavy (non-hydrogen) atoms. The molecule has 0 atom stereocenters. The molecule has 0 spiro atoms. The van der Waals surface area contributed by atoms with Crippen LogP contribution < -0.4 is 5.32 Å². The molecular formula is C15H29NO2. The maximum Gasteiger partial charge on any atom is 0.326 e. The van der Waals surface area contributed by atoms with Crippen LogP contribution in [-0.2, 0) is 9.53 Å². The van der Waals surface area contributed by atoms with Gasteiger partial charge in [0.1, 0.15) is 5.54 Å². The third-order valence-electron chi connectivity index (χ3n) is 3.66. The quantitative estimate of drug-likeness (QED) is 0.787. The zero-order valence-electron chi connectivity index (χ0n) is 13.0. The summed E-state index contributed by atoms with van der Waals surface area (Å²) in [4.78, 5) is 12.3. The zero-order chi connectivity index (χ0) is 14.2. The highest BCUT2D eigenvalue weighted by molar-refractivity contribution is 5.81. The van der Waals surface area contributed by atoms with E-state index in [0.717, 1.165) is 19.3 Å². The maximum absolute atomic E-state index is 12.3. The minimum absolute atomic E-state index is 0.114. The molecule has 0 aromatic heterocycles. The van der Waals surface area contributed by atoms with Crippen molar-refractivity contribution in [1.29, 1.82) is 0 Å². The summed E-state index contributed by atoms with van der Waals surface area (Å²) < 4.78 is 5.08. The van der Waals surface area contributed by atoms with Crippen molar-refractivity contribution in [3.05, 3.63) is 0 Å². The molecule has 3 heteroatoms. The smallest absolute Gasteiger partial charge is 0.326 e. The lowest BCUT2D eigenvalue weighted by Crippen LogP contribution is -2.61. The average Bonchev–Trinajstić information content (AvgIpc) is 2.09. The fourth-order valence-electron chi connectivity index (χ4n) is 4.17. The lowest BCUT2D eigenvalue weighted by molar-refractivity contribution is -0.155. The third-order valence-corrected chi connectivity index (χ3v) is 3.66. The van der Waals surface area contributed by atoms with Crippen LogP contribution in [-0.4, -0.2) is 24.7 Å². The van der Waals surface area contributed by atoms with E-state index >= 15 is 0 Å². The molecule has 0 radical (unpaired) electrons. The normalized spacial score (nSPS) is 24.9. The number of rotatable bonds is 3. The van der Waals surface area contributed by atoms with Crippen molar-refractivity contribution < 1.29 is 9.53 Å². The van der Waals surface area contributed by atoms with Crippen LogP contribution in [0.25, 0.3) is 0 Å². The first-order valence-corrected chi connectivity index (χ1v) is 6.88. The molecule has 0 amide bonds. The van der Waals surface area contributed by atoms with E-state index in [4.69, 9.17) is 4.74 Å². The summed E-state index contributed by atoms with van der Waals surface area (Å²) >= 11 is 0. The van der Waals surface area contributed by atoms with E-state index in [1.807, 2.05) is 0 Å². The van der Waals surface area contributed by atoms with Gasteiger partial charge in [0, 0.05) is 6.04 Å². The molecule has 1 aliphatic carbocycles. The number of methoxy groups -OCH3 is 1. The SMILES string of the molecule is COC(=O)C1(NC(C)C)CC(C)(C)CC(C)(C)C1. The number of nitrogens with one attached hydrogen (secondary N) is 1. The van der Waals surface area contributed by atoms with Crippen LogP contribution in [0.2, 0.25) is 0 Å². The topological polar surface area (TPSA) is 38.3 Å². The molecule has 1 rings (SSSR count). The van der Waals surface area contributed by atoms with E-state index in [9.17, 15) is 4.79 Å². The average molecular weight is 255 g/mol. The molecule has 1 saturated carbocycles. The van der Waals surface area contributed by atoms with Crippen molar-refractivity contribution >= 4 is 5.97 Å². The summed E-state index contributed by atoms with van der Waals surface area (Å²) in [6, 6.07) is 0.272. The van der Waals surface area contributed by atoms with Crippen LogP contribution in [0.4, 0.5) is 0 Å². The minimum atomic E-state index is -0.534. The molecule has 0 aromatic carbocycles. The van der Waals surface area contributed by atoms with Gasteiger partial charge < -0.3 is 4.74 Å². The second-order valence-corrected chi connectivity index (χ2v) is 7.73. The largest absolute Gasteiger partial charge is 0.468 e. The van der Waals surface area contributed by atoms with Gasteiger partial charge >= 0.3 is 5.97 Å².